The molecule has 1 saturated heterocycles. The van der Waals surface area contributed by atoms with E-state index in [4.69, 9.17) is 17.3 Å². The average molecular weight is 485 g/mol. The van der Waals surface area contributed by atoms with Gasteiger partial charge in [-0.1, -0.05) is 41.9 Å². The molecule has 1 unspecified atom stereocenters. The molecule has 2 atom stereocenters. The van der Waals surface area contributed by atoms with Crippen molar-refractivity contribution in [1.82, 2.24) is 9.62 Å². The predicted molar refractivity (Wildman–Crippen MR) is 126 cm³/mol. The Morgan fingerprint density at radius 2 is 1.73 bits per heavy atom. The number of benzene rings is 3. The van der Waals surface area contributed by atoms with E-state index in [2.05, 4.69) is 10.6 Å². The summed E-state index contributed by atoms with van der Waals surface area (Å²) in [5.41, 5.74) is 7.56. The number of hydrogen-bond donors (Lipinski definition) is 3. The molecule has 0 spiro atoms. The monoisotopic (exact) mass is 484 g/mol. The van der Waals surface area contributed by atoms with Gasteiger partial charge in [-0.05, 0) is 55.0 Å². The molecule has 170 valence electrons. The molecule has 1 aliphatic heterocycles. The number of anilines is 2. The van der Waals surface area contributed by atoms with Crippen LogP contribution in [0.25, 0.3) is 0 Å². The number of amides is 3. The Hall–Kier alpha value is -3.56. The van der Waals surface area contributed by atoms with Crippen molar-refractivity contribution in [2.75, 3.05) is 11.1 Å². The van der Waals surface area contributed by atoms with E-state index in [9.17, 15) is 18.0 Å². The van der Waals surface area contributed by atoms with Gasteiger partial charge in [0.25, 0.3) is 15.9 Å². The summed E-state index contributed by atoms with van der Waals surface area (Å²) in [5.74, 6) is -0.425. The molecule has 3 aromatic carbocycles. The maximum Gasteiger partial charge on any atom is 0.332 e. The number of halogens is 1. The Morgan fingerprint density at radius 1 is 1.06 bits per heavy atom. The number of nitrogens with two attached hydrogens (primary N) is 1. The molecule has 8 nitrogen and oxygen atoms in total. The van der Waals surface area contributed by atoms with Crippen LogP contribution in [0.15, 0.2) is 77.7 Å². The minimum atomic E-state index is -4.19. The normalized spacial score (nSPS) is 18.1. The molecule has 0 aromatic heterocycles. The van der Waals surface area contributed by atoms with Crippen molar-refractivity contribution >= 4 is 44.9 Å². The Labute approximate surface area is 196 Å². The molecule has 4 N–H and O–H groups in total. The van der Waals surface area contributed by atoms with Gasteiger partial charge in [0.05, 0.1) is 27.7 Å². The fourth-order valence-electron chi connectivity index (χ4n) is 3.69. The SMILES string of the molecule is CC1[C@H](c2ccccc2)NC(=O)N1S(=O)(=O)c1ccc(NC(=O)c2ccc(N)cc2)c(Cl)c1. The maximum atomic E-state index is 13.3. The van der Waals surface area contributed by atoms with Crippen molar-refractivity contribution in [2.24, 2.45) is 0 Å². The van der Waals surface area contributed by atoms with Gasteiger partial charge in [0.1, 0.15) is 0 Å². The topological polar surface area (TPSA) is 122 Å². The average Bonchev–Trinajstić information content (AvgIpc) is 3.10. The van der Waals surface area contributed by atoms with Gasteiger partial charge in [0.15, 0.2) is 0 Å². The molecular weight excluding hydrogens is 464 g/mol. The van der Waals surface area contributed by atoms with E-state index >= 15 is 0 Å². The van der Waals surface area contributed by atoms with E-state index in [-0.39, 0.29) is 15.6 Å². The van der Waals surface area contributed by atoms with Crippen LogP contribution in [0.3, 0.4) is 0 Å². The second-order valence-corrected chi connectivity index (χ2v) is 9.82. The first-order valence-electron chi connectivity index (χ1n) is 10.0. The van der Waals surface area contributed by atoms with Crippen LogP contribution < -0.4 is 16.4 Å². The molecule has 1 fully saturated rings. The van der Waals surface area contributed by atoms with Gasteiger partial charge in [0.2, 0.25) is 0 Å². The summed E-state index contributed by atoms with van der Waals surface area (Å²) in [4.78, 5) is 24.9. The first kappa shape index (κ1) is 22.6. The summed E-state index contributed by atoms with van der Waals surface area (Å²) < 4.78 is 27.4. The van der Waals surface area contributed by atoms with Crippen molar-refractivity contribution in [3.05, 3.63) is 88.9 Å². The number of carbonyl (C=O) groups is 2. The van der Waals surface area contributed by atoms with Crippen LogP contribution in [0.5, 0.6) is 0 Å². The van der Waals surface area contributed by atoms with Crippen LogP contribution >= 0.6 is 11.6 Å². The van der Waals surface area contributed by atoms with Gasteiger partial charge >= 0.3 is 6.03 Å². The third kappa shape index (κ3) is 4.37. The van der Waals surface area contributed by atoms with E-state index in [1.807, 2.05) is 30.3 Å². The van der Waals surface area contributed by atoms with Crippen LogP contribution in [0.4, 0.5) is 16.2 Å². The molecule has 33 heavy (non-hydrogen) atoms. The molecule has 1 aliphatic rings. The highest BCUT2D eigenvalue weighted by atomic mass is 35.5. The predicted octanol–water partition coefficient (Wildman–Crippen LogP) is 4.02. The van der Waals surface area contributed by atoms with Crippen molar-refractivity contribution in [3.8, 4) is 0 Å². The lowest BCUT2D eigenvalue weighted by atomic mass is 10.0. The smallest absolute Gasteiger partial charge is 0.332 e. The third-order valence-corrected chi connectivity index (χ3v) is 7.59. The summed E-state index contributed by atoms with van der Waals surface area (Å²) in [6.07, 6.45) is 0. The summed E-state index contributed by atoms with van der Waals surface area (Å²) >= 11 is 6.28. The molecule has 0 saturated carbocycles. The van der Waals surface area contributed by atoms with Crippen LogP contribution in [-0.4, -0.2) is 30.7 Å². The number of urea groups is 1. The van der Waals surface area contributed by atoms with Gasteiger partial charge in [-0.2, -0.15) is 0 Å². The number of rotatable bonds is 5. The molecule has 10 heteroatoms. The zero-order valence-corrected chi connectivity index (χ0v) is 19.1. The Balaban J connectivity index is 1.57. The first-order valence-corrected chi connectivity index (χ1v) is 11.9. The van der Waals surface area contributed by atoms with Gasteiger partial charge in [-0.15, -0.1) is 0 Å². The third-order valence-electron chi connectivity index (χ3n) is 5.41. The first-order chi connectivity index (χ1) is 15.7. The quantitative estimate of drug-likeness (QED) is 0.472. The van der Waals surface area contributed by atoms with Crippen LogP contribution in [0.2, 0.25) is 5.02 Å². The number of nitrogens with one attached hydrogen (secondary N) is 2. The summed E-state index contributed by atoms with van der Waals surface area (Å²) in [6, 6.07) is 17.5. The summed E-state index contributed by atoms with van der Waals surface area (Å²) in [5, 5.41) is 5.39. The van der Waals surface area contributed by atoms with E-state index < -0.39 is 34.0 Å². The van der Waals surface area contributed by atoms with Gasteiger partial charge < -0.3 is 16.4 Å². The minimum Gasteiger partial charge on any atom is -0.399 e. The highest BCUT2D eigenvalue weighted by Crippen LogP contribution is 2.34. The number of nitrogens with zero attached hydrogens (tertiary/aromatic N) is 1. The number of sulfonamides is 1. The Kier molecular flexibility index (Phi) is 6.01. The highest BCUT2D eigenvalue weighted by molar-refractivity contribution is 7.89. The van der Waals surface area contributed by atoms with Crippen LogP contribution in [0.1, 0.15) is 28.9 Å². The highest BCUT2D eigenvalue weighted by Gasteiger charge is 2.44. The lowest BCUT2D eigenvalue weighted by molar-refractivity contribution is 0.102. The van der Waals surface area contributed by atoms with E-state index in [1.165, 1.54) is 18.2 Å². The summed E-state index contributed by atoms with van der Waals surface area (Å²) in [7, 11) is -4.19. The van der Waals surface area contributed by atoms with Crippen molar-refractivity contribution in [2.45, 2.75) is 23.9 Å². The van der Waals surface area contributed by atoms with Gasteiger partial charge in [-0.25, -0.2) is 17.5 Å². The standard InChI is InChI=1S/C23H21ClN4O4S/c1-14-21(15-5-3-2-4-6-15)27-23(30)28(14)33(31,32)18-11-12-20(19(24)13-18)26-22(29)16-7-9-17(25)10-8-16/h2-14,21H,25H2,1H3,(H,26,29)(H,27,30)/t14?,21-/m1/s1. The Morgan fingerprint density at radius 3 is 2.36 bits per heavy atom. The minimum absolute atomic E-state index is 0.0201. The van der Waals surface area contributed by atoms with Crippen molar-refractivity contribution in [3.63, 3.8) is 0 Å². The van der Waals surface area contributed by atoms with Crippen molar-refractivity contribution < 1.29 is 18.0 Å². The fraction of sp³-hybridized carbons (Fsp3) is 0.130. The zero-order valence-electron chi connectivity index (χ0n) is 17.5. The largest absolute Gasteiger partial charge is 0.399 e. The second-order valence-electron chi connectivity index (χ2n) is 7.60. The lowest BCUT2D eigenvalue weighted by Gasteiger charge is -2.23. The zero-order chi connectivity index (χ0) is 23.8. The van der Waals surface area contributed by atoms with Crippen LogP contribution in [0, 0.1) is 0 Å². The molecule has 4 rings (SSSR count). The molecule has 3 amide bonds. The second kappa shape index (κ2) is 8.76. The Bertz CT molecular complexity index is 1310. The number of hydrogen-bond acceptors (Lipinski definition) is 5. The van der Waals surface area contributed by atoms with E-state index in [0.717, 1.165) is 9.87 Å². The maximum absolute atomic E-state index is 13.3. The molecular formula is C23H21ClN4O4S. The molecule has 0 bridgehead atoms. The molecule has 0 radical (unpaired) electrons. The van der Waals surface area contributed by atoms with Gasteiger partial charge in [0, 0.05) is 11.3 Å². The van der Waals surface area contributed by atoms with Gasteiger partial charge in [-0.3, -0.25) is 4.79 Å². The fourth-order valence-corrected chi connectivity index (χ4v) is 5.54. The van der Waals surface area contributed by atoms with Crippen LogP contribution in [-0.2, 0) is 10.0 Å². The number of carbonyl (C=O) groups excluding carboxylic acids is 2. The lowest BCUT2D eigenvalue weighted by Crippen LogP contribution is -2.38. The van der Waals surface area contributed by atoms with E-state index in [1.54, 1.807) is 31.2 Å². The molecule has 3 aromatic rings. The van der Waals surface area contributed by atoms with Crippen molar-refractivity contribution in [1.29, 1.82) is 0 Å². The van der Waals surface area contributed by atoms with E-state index in [0.29, 0.717) is 11.3 Å². The summed E-state index contributed by atoms with van der Waals surface area (Å²) in [6.45, 7) is 1.66. The molecule has 0 aliphatic carbocycles. The number of nitrogen functional groups attached to an aromatic ring is 1. The molecule has 1 heterocycles.